The van der Waals surface area contributed by atoms with Gasteiger partial charge in [0.2, 0.25) is 0 Å². The summed E-state index contributed by atoms with van der Waals surface area (Å²) >= 11 is 0. The van der Waals surface area contributed by atoms with Crippen molar-refractivity contribution in [2.45, 2.75) is 32.7 Å². The van der Waals surface area contributed by atoms with Crippen LogP contribution in [-0.2, 0) is 0 Å². The van der Waals surface area contributed by atoms with Crippen molar-refractivity contribution in [2.75, 3.05) is 5.32 Å². The highest BCUT2D eigenvalue weighted by molar-refractivity contribution is 6.04. The number of anilines is 1. The molecule has 0 spiro atoms. The summed E-state index contributed by atoms with van der Waals surface area (Å²) in [5, 5.41) is 18.0. The number of carbonyl (C=O) groups excluding carboxylic acids is 1. The lowest BCUT2D eigenvalue weighted by Crippen LogP contribution is -2.18. The number of nitrogens with zero attached hydrogens (tertiary/aromatic N) is 3. The van der Waals surface area contributed by atoms with Crippen molar-refractivity contribution in [2.24, 2.45) is 5.92 Å². The number of nitro benzene ring substituents is 1. The van der Waals surface area contributed by atoms with Gasteiger partial charge in [-0.05, 0) is 44.7 Å². The molecule has 0 aliphatic heterocycles. The van der Waals surface area contributed by atoms with Gasteiger partial charge < -0.3 is 5.32 Å². The van der Waals surface area contributed by atoms with Gasteiger partial charge in [0.15, 0.2) is 0 Å². The summed E-state index contributed by atoms with van der Waals surface area (Å²) in [6.07, 6.45) is 4.04. The Labute approximate surface area is 133 Å². The second kappa shape index (κ2) is 5.83. The van der Waals surface area contributed by atoms with E-state index in [1.807, 2.05) is 4.68 Å². The van der Waals surface area contributed by atoms with Gasteiger partial charge in [0.25, 0.3) is 11.6 Å². The molecule has 7 heteroatoms. The van der Waals surface area contributed by atoms with Crippen molar-refractivity contribution in [1.82, 2.24) is 9.78 Å². The maximum Gasteiger partial charge on any atom is 0.272 e. The first-order valence-corrected chi connectivity index (χ1v) is 7.57. The molecule has 2 aromatic rings. The molecule has 23 heavy (non-hydrogen) atoms. The van der Waals surface area contributed by atoms with E-state index in [2.05, 4.69) is 17.3 Å². The Bertz CT molecular complexity index is 764. The predicted octanol–water partition coefficient (Wildman–Crippen LogP) is 3.32. The summed E-state index contributed by atoms with van der Waals surface area (Å²) in [6, 6.07) is 6.35. The molecule has 1 fully saturated rings. The first-order valence-electron chi connectivity index (χ1n) is 7.57. The van der Waals surface area contributed by atoms with E-state index >= 15 is 0 Å². The summed E-state index contributed by atoms with van der Waals surface area (Å²) < 4.78 is 1.83. The van der Waals surface area contributed by atoms with E-state index in [1.165, 1.54) is 31.0 Å². The number of benzene rings is 1. The maximum atomic E-state index is 12.4. The summed E-state index contributed by atoms with van der Waals surface area (Å²) in [4.78, 5) is 22.8. The second-order valence-electron chi connectivity index (χ2n) is 5.95. The normalized spacial score (nSPS) is 15.2. The maximum absolute atomic E-state index is 12.4. The van der Waals surface area contributed by atoms with Crippen LogP contribution in [0.1, 0.15) is 41.7 Å². The van der Waals surface area contributed by atoms with Crippen molar-refractivity contribution in [3.05, 3.63) is 51.7 Å². The number of nitrogens with one attached hydrogen (secondary N) is 1. The molecule has 3 rings (SSSR count). The monoisotopic (exact) mass is 314 g/mol. The third-order valence-corrected chi connectivity index (χ3v) is 4.26. The minimum atomic E-state index is -0.455. The van der Waals surface area contributed by atoms with Gasteiger partial charge in [-0.15, -0.1) is 0 Å². The minimum Gasteiger partial charge on any atom is -0.307 e. The molecule has 1 unspecified atom stereocenters. The largest absolute Gasteiger partial charge is 0.307 e. The van der Waals surface area contributed by atoms with Gasteiger partial charge in [-0.25, -0.2) is 4.68 Å². The lowest BCUT2D eigenvalue weighted by molar-refractivity contribution is -0.385. The zero-order valence-corrected chi connectivity index (χ0v) is 13.0. The molecule has 1 atom stereocenters. The zero-order chi connectivity index (χ0) is 16.6. The van der Waals surface area contributed by atoms with Crippen LogP contribution in [0.15, 0.2) is 30.5 Å². The summed E-state index contributed by atoms with van der Waals surface area (Å²) in [5.41, 5.74) is 0.858. The molecule has 0 bridgehead atoms. The van der Waals surface area contributed by atoms with Crippen molar-refractivity contribution >= 4 is 17.4 Å². The molecular formula is C16H18N4O3. The molecule has 1 N–H and O–H groups in total. The van der Waals surface area contributed by atoms with E-state index in [0.717, 1.165) is 0 Å². The van der Waals surface area contributed by atoms with Crippen molar-refractivity contribution < 1.29 is 9.72 Å². The molecule has 1 aromatic heterocycles. The molecule has 0 radical (unpaired) electrons. The fourth-order valence-corrected chi connectivity index (χ4v) is 2.71. The SMILES string of the molecule is Cc1cc(C(=O)Nc2ccnn2C(C)C2CC2)ccc1[N+](=O)[O-]. The van der Waals surface area contributed by atoms with Gasteiger partial charge in [-0.3, -0.25) is 14.9 Å². The lowest BCUT2D eigenvalue weighted by atomic mass is 10.1. The number of carbonyl (C=O) groups is 1. The molecule has 1 aliphatic rings. The van der Waals surface area contributed by atoms with Crippen LogP contribution in [0.5, 0.6) is 0 Å². The Morgan fingerprint density at radius 1 is 1.43 bits per heavy atom. The van der Waals surface area contributed by atoms with Crippen molar-refractivity contribution in [3.63, 3.8) is 0 Å². The number of amides is 1. The summed E-state index contributed by atoms with van der Waals surface area (Å²) in [5.74, 6) is 0.963. The number of rotatable bonds is 5. The quantitative estimate of drug-likeness (QED) is 0.677. The number of aromatic nitrogens is 2. The van der Waals surface area contributed by atoms with E-state index in [-0.39, 0.29) is 17.6 Å². The van der Waals surface area contributed by atoms with Gasteiger partial charge in [-0.1, -0.05) is 0 Å². The summed E-state index contributed by atoms with van der Waals surface area (Å²) in [7, 11) is 0. The van der Waals surface area contributed by atoms with Crippen molar-refractivity contribution in [3.8, 4) is 0 Å². The van der Waals surface area contributed by atoms with Crippen LogP contribution in [0.25, 0.3) is 0 Å². The fourth-order valence-electron chi connectivity index (χ4n) is 2.71. The van der Waals surface area contributed by atoms with E-state index in [9.17, 15) is 14.9 Å². The van der Waals surface area contributed by atoms with Gasteiger partial charge in [0, 0.05) is 23.3 Å². The smallest absolute Gasteiger partial charge is 0.272 e. The number of hydrogen-bond acceptors (Lipinski definition) is 4. The molecule has 1 aromatic carbocycles. The molecule has 0 saturated heterocycles. The van der Waals surface area contributed by atoms with Gasteiger partial charge in [0.05, 0.1) is 17.2 Å². The van der Waals surface area contributed by atoms with Crippen LogP contribution < -0.4 is 5.32 Å². The standard InChI is InChI=1S/C16H18N4O3/c1-10-9-13(5-6-14(10)20(22)23)16(21)18-15-7-8-17-19(15)11(2)12-3-4-12/h5-9,11-12H,3-4H2,1-2H3,(H,18,21). The Balaban J connectivity index is 1.78. The van der Waals surface area contributed by atoms with E-state index in [0.29, 0.717) is 22.9 Å². The second-order valence-corrected chi connectivity index (χ2v) is 5.95. The van der Waals surface area contributed by atoms with Crippen molar-refractivity contribution in [1.29, 1.82) is 0 Å². The molecular weight excluding hydrogens is 296 g/mol. The first kappa shape index (κ1) is 15.2. The fraction of sp³-hybridized carbons (Fsp3) is 0.375. The Hall–Kier alpha value is -2.70. The van der Waals surface area contributed by atoms with Gasteiger partial charge in [-0.2, -0.15) is 5.10 Å². The van der Waals surface area contributed by atoms with Crippen LogP contribution >= 0.6 is 0 Å². The van der Waals surface area contributed by atoms with Crippen LogP contribution in [0.3, 0.4) is 0 Å². The Morgan fingerprint density at radius 2 is 2.17 bits per heavy atom. The molecule has 1 heterocycles. The summed E-state index contributed by atoms with van der Waals surface area (Å²) in [6.45, 7) is 3.71. The van der Waals surface area contributed by atoms with Gasteiger partial charge >= 0.3 is 0 Å². The average Bonchev–Trinajstić information content (AvgIpc) is 3.26. The molecule has 7 nitrogen and oxygen atoms in total. The van der Waals surface area contributed by atoms with Crippen LogP contribution in [0, 0.1) is 23.0 Å². The van der Waals surface area contributed by atoms with Gasteiger partial charge in [0.1, 0.15) is 5.82 Å². The third-order valence-electron chi connectivity index (χ3n) is 4.26. The highest BCUT2D eigenvalue weighted by Crippen LogP contribution is 2.40. The van der Waals surface area contributed by atoms with Crippen LogP contribution in [-0.4, -0.2) is 20.6 Å². The zero-order valence-electron chi connectivity index (χ0n) is 13.0. The van der Waals surface area contributed by atoms with Crippen LogP contribution in [0.4, 0.5) is 11.5 Å². The molecule has 120 valence electrons. The molecule has 1 saturated carbocycles. The highest BCUT2D eigenvalue weighted by Gasteiger charge is 2.30. The van der Waals surface area contributed by atoms with E-state index in [1.54, 1.807) is 19.2 Å². The molecule has 1 aliphatic carbocycles. The van der Waals surface area contributed by atoms with E-state index < -0.39 is 4.92 Å². The Kier molecular flexibility index (Phi) is 3.85. The number of aryl methyl sites for hydroxylation is 1. The third kappa shape index (κ3) is 3.08. The number of hydrogen-bond donors (Lipinski definition) is 1. The number of nitro groups is 1. The lowest BCUT2D eigenvalue weighted by Gasteiger charge is -2.15. The average molecular weight is 314 g/mol. The van der Waals surface area contributed by atoms with Crippen LogP contribution in [0.2, 0.25) is 0 Å². The first-order chi connectivity index (χ1) is 11.0. The molecule has 1 amide bonds. The Morgan fingerprint density at radius 3 is 2.78 bits per heavy atom. The van der Waals surface area contributed by atoms with E-state index in [4.69, 9.17) is 0 Å². The minimum absolute atomic E-state index is 0.00828. The topological polar surface area (TPSA) is 90.1 Å². The predicted molar refractivity (Wildman–Crippen MR) is 85.4 cm³/mol. The highest BCUT2D eigenvalue weighted by atomic mass is 16.6.